The minimum Gasteiger partial charge on any atom is -0.368 e. The molecule has 1 atom stereocenters. The van der Waals surface area contributed by atoms with Crippen LogP contribution in [0.25, 0.3) is 11.4 Å². The third kappa shape index (κ3) is 3.49. The Balaban J connectivity index is 2.31. The first-order valence-electron chi connectivity index (χ1n) is 7.06. The van der Waals surface area contributed by atoms with Gasteiger partial charge in [0.15, 0.2) is 0 Å². The van der Waals surface area contributed by atoms with Crippen LogP contribution in [0.2, 0.25) is 0 Å². The quantitative estimate of drug-likeness (QED) is 0.850. The first-order valence-corrected chi connectivity index (χ1v) is 7.06. The molecule has 112 valence electrons. The van der Waals surface area contributed by atoms with E-state index in [4.69, 9.17) is 5.73 Å². The highest BCUT2D eigenvalue weighted by atomic mass is 16.1. The Hall–Kier alpha value is -2.14. The number of carbonyl (C=O) groups is 1. The van der Waals surface area contributed by atoms with Crippen molar-refractivity contribution in [3.63, 3.8) is 0 Å². The number of nitrogens with one attached hydrogen (secondary N) is 1. The zero-order valence-corrected chi connectivity index (χ0v) is 12.7. The van der Waals surface area contributed by atoms with Gasteiger partial charge in [0, 0.05) is 24.0 Å². The maximum absolute atomic E-state index is 11.9. The van der Waals surface area contributed by atoms with Crippen molar-refractivity contribution in [1.29, 1.82) is 0 Å². The van der Waals surface area contributed by atoms with E-state index in [1.165, 1.54) is 0 Å². The fraction of sp³-hybridized carbons (Fsp3) is 0.375. The van der Waals surface area contributed by atoms with Crippen LogP contribution in [0, 0.1) is 0 Å². The summed E-state index contributed by atoms with van der Waals surface area (Å²) in [5, 5.41) is 3.25. The molecule has 0 saturated carbocycles. The molecule has 5 nitrogen and oxygen atoms in total. The zero-order chi connectivity index (χ0) is 15.5. The van der Waals surface area contributed by atoms with Crippen LogP contribution in [0.1, 0.15) is 20.8 Å². The van der Waals surface area contributed by atoms with Crippen LogP contribution in [0.15, 0.2) is 42.7 Å². The molecular weight excluding hydrogens is 264 g/mol. The summed E-state index contributed by atoms with van der Waals surface area (Å²) in [6.07, 6.45) is 3.60. The zero-order valence-electron chi connectivity index (χ0n) is 12.7. The normalized spacial score (nSPS) is 14.1. The van der Waals surface area contributed by atoms with E-state index in [1.807, 2.05) is 61.9 Å². The molecule has 21 heavy (non-hydrogen) atoms. The van der Waals surface area contributed by atoms with Gasteiger partial charge in [0.05, 0.1) is 6.54 Å². The SMILES string of the molecule is CC(C)NC(C)(Cn1ccnc1-c1ccccc1)C(N)=O. The maximum atomic E-state index is 11.9. The topological polar surface area (TPSA) is 72.9 Å². The van der Waals surface area contributed by atoms with Gasteiger partial charge >= 0.3 is 0 Å². The number of primary amides is 1. The third-order valence-corrected chi connectivity index (χ3v) is 3.39. The Kier molecular flexibility index (Phi) is 4.43. The van der Waals surface area contributed by atoms with Crippen LogP contribution in [0.5, 0.6) is 0 Å². The van der Waals surface area contributed by atoms with Gasteiger partial charge in [-0.25, -0.2) is 4.98 Å². The molecule has 0 fully saturated rings. The lowest BCUT2D eigenvalue weighted by atomic mass is 10.00. The molecule has 2 aromatic rings. The smallest absolute Gasteiger partial charge is 0.239 e. The second-order valence-electron chi connectivity index (χ2n) is 5.74. The van der Waals surface area contributed by atoms with Crippen LogP contribution in [-0.2, 0) is 11.3 Å². The van der Waals surface area contributed by atoms with Crippen molar-refractivity contribution in [3.8, 4) is 11.4 Å². The number of carbonyl (C=O) groups excluding carboxylic acids is 1. The van der Waals surface area contributed by atoms with Crippen LogP contribution >= 0.6 is 0 Å². The van der Waals surface area contributed by atoms with Gasteiger partial charge in [0.1, 0.15) is 11.4 Å². The lowest BCUT2D eigenvalue weighted by molar-refractivity contribution is -0.124. The highest BCUT2D eigenvalue weighted by Gasteiger charge is 2.32. The Labute approximate surface area is 125 Å². The van der Waals surface area contributed by atoms with Gasteiger partial charge in [0.2, 0.25) is 5.91 Å². The number of imidazole rings is 1. The summed E-state index contributed by atoms with van der Waals surface area (Å²) in [6, 6.07) is 10.0. The standard InChI is InChI=1S/C16H22N4O/c1-12(2)19-16(3,15(17)21)11-20-10-9-18-14(20)13-7-5-4-6-8-13/h4-10,12,19H,11H2,1-3H3,(H2,17,21). The minimum absolute atomic E-state index is 0.159. The molecule has 0 aliphatic rings. The van der Waals surface area contributed by atoms with Crippen LogP contribution in [-0.4, -0.2) is 27.0 Å². The number of aromatic nitrogens is 2. The van der Waals surface area contributed by atoms with Gasteiger partial charge in [-0.2, -0.15) is 0 Å². The molecule has 1 aromatic carbocycles. The van der Waals surface area contributed by atoms with Crippen molar-refractivity contribution in [1.82, 2.24) is 14.9 Å². The summed E-state index contributed by atoms with van der Waals surface area (Å²) in [6.45, 7) is 6.25. The van der Waals surface area contributed by atoms with Crippen molar-refractivity contribution in [2.45, 2.75) is 38.9 Å². The summed E-state index contributed by atoms with van der Waals surface area (Å²) in [5.41, 5.74) is 5.78. The highest BCUT2D eigenvalue weighted by Crippen LogP contribution is 2.19. The van der Waals surface area contributed by atoms with Crippen LogP contribution < -0.4 is 11.1 Å². The number of hydrogen-bond donors (Lipinski definition) is 2. The maximum Gasteiger partial charge on any atom is 0.239 e. The number of nitrogens with zero attached hydrogens (tertiary/aromatic N) is 2. The molecule has 0 bridgehead atoms. The first kappa shape index (κ1) is 15.3. The Morgan fingerprint density at radius 3 is 2.62 bits per heavy atom. The molecule has 1 unspecified atom stereocenters. The van der Waals surface area contributed by atoms with E-state index in [0.29, 0.717) is 6.54 Å². The molecule has 1 aromatic heterocycles. The number of hydrogen-bond acceptors (Lipinski definition) is 3. The van der Waals surface area contributed by atoms with Crippen molar-refractivity contribution in [3.05, 3.63) is 42.7 Å². The third-order valence-electron chi connectivity index (χ3n) is 3.39. The number of amides is 1. The summed E-state index contributed by atoms with van der Waals surface area (Å²) in [7, 11) is 0. The summed E-state index contributed by atoms with van der Waals surface area (Å²) in [4.78, 5) is 16.2. The predicted octanol–water partition coefficient (Wildman–Crippen LogP) is 1.79. The van der Waals surface area contributed by atoms with E-state index in [1.54, 1.807) is 6.20 Å². The summed E-state index contributed by atoms with van der Waals surface area (Å²) < 4.78 is 1.95. The van der Waals surface area contributed by atoms with Crippen molar-refractivity contribution >= 4 is 5.91 Å². The molecule has 0 aliphatic heterocycles. The second kappa shape index (κ2) is 6.10. The van der Waals surface area contributed by atoms with E-state index in [9.17, 15) is 4.79 Å². The van der Waals surface area contributed by atoms with E-state index >= 15 is 0 Å². The molecular formula is C16H22N4O. The van der Waals surface area contributed by atoms with Crippen molar-refractivity contribution in [2.24, 2.45) is 5.73 Å². The highest BCUT2D eigenvalue weighted by molar-refractivity contribution is 5.84. The van der Waals surface area contributed by atoms with E-state index < -0.39 is 5.54 Å². The average Bonchev–Trinajstić information content (AvgIpc) is 2.86. The Morgan fingerprint density at radius 1 is 1.38 bits per heavy atom. The predicted molar refractivity (Wildman–Crippen MR) is 83.5 cm³/mol. The number of benzene rings is 1. The van der Waals surface area contributed by atoms with Gasteiger partial charge < -0.3 is 10.3 Å². The largest absolute Gasteiger partial charge is 0.368 e. The fourth-order valence-corrected chi connectivity index (χ4v) is 2.46. The van der Waals surface area contributed by atoms with E-state index in [-0.39, 0.29) is 11.9 Å². The molecule has 0 spiro atoms. The molecule has 1 amide bonds. The fourth-order valence-electron chi connectivity index (χ4n) is 2.46. The van der Waals surface area contributed by atoms with Crippen LogP contribution in [0.3, 0.4) is 0 Å². The summed E-state index contributed by atoms with van der Waals surface area (Å²) in [5.74, 6) is 0.456. The van der Waals surface area contributed by atoms with Gasteiger partial charge in [-0.15, -0.1) is 0 Å². The molecule has 2 rings (SSSR count). The first-order chi connectivity index (χ1) is 9.92. The molecule has 0 aliphatic carbocycles. The minimum atomic E-state index is -0.821. The molecule has 3 N–H and O–H groups in total. The summed E-state index contributed by atoms with van der Waals surface area (Å²) >= 11 is 0. The second-order valence-corrected chi connectivity index (χ2v) is 5.74. The molecule has 0 saturated heterocycles. The monoisotopic (exact) mass is 286 g/mol. The number of nitrogens with two attached hydrogens (primary N) is 1. The lowest BCUT2D eigenvalue weighted by Crippen LogP contribution is -2.58. The number of rotatable bonds is 6. The lowest BCUT2D eigenvalue weighted by Gasteiger charge is -2.30. The molecule has 1 heterocycles. The average molecular weight is 286 g/mol. The van der Waals surface area contributed by atoms with E-state index in [0.717, 1.165) is 11.4 Å². The Morgan fingerprint density at radius 2 is 2.05 bits per heavy atom. The van der Waals surface area contributed by atoms with Crippen molar-refractivity contribution in [2.75, 3.05) is 0 Å². The van der Waals surface area contributed by atoms with Gasteiger partial charge in [-0.05, 0) is 20.8 Å². The van der Waals surface area contributed by atoms with Crippen molar-refractivity contribution < 1.29 is 4.79 Å². The van der Waals surface area contributed by atoms with Gasteiger partial charge in [-0.1, -0.05) is 30.3 Å². The Bertz CT molecular complexity index is 606. The van der Waals surface area contributed by atoms with Crippen LogP contribution in [0.4, 0.5) is 0 Å². The van der Waals surface area contributed by atoms with Gasteiger partial charge in [0.25, 0.3) is 0 Å². The van der Waals surface area contributed by atoms with Gasteiger partial charge in [-0.3, -0.25) is 10.1 Å². The van der Waals surface area contributed by atoms with E-state index in [2.05, 4.69) is 10.3 Å². The molecule has 0 radical (unpaired) electrons. The molecule has 5 heteroatoms.